The molecule has 4 rings (SSSR count). The van der Waals surface area contributed by atoms with Gasteiger partial charge in [0.1, 0.15) is 9.90 Å². The van der Waals surface area contributed by atoms with E-state index in [-0.39, 0.29) is 47.4 Å². The zero-order chi connectivity index (χ0) is 24.2. The molecule has 33 heavy (non-hydrogen) atoms. The van der Waals surface area contributed by atoms with E-state index in [0.29, 0.717) is 10.6 Å². The molecule has 8 nitrogen and oxygen atoms in total. The quantitative estimate of drug-likeness (QED) is 0.505. The minimum absolute atomic E-state index is 0.00463. The van der Waals surface area contributed by atoms with Crippen molar-refractivity contribution in [3.63, 3.8) is 0 Å². The molecule has 0 aromatic carbocycles. The Labute approximate surface area is 188 Å². The first-order valence-electron chi connectivity index (χ1n) is 9.48. The Bertz CT molecular complexity index is 1300. The number of hydrogen-bond donors (Lipinski definition) is 0. The lowest BCUT2D eigenvalue weighted by Gasteiger charge is -2.33. The Balaban J connectivity index is 1.58. The molecular weight excluding hydrogens is 493 g/mol. The number of piperazine rings is 1. The van der Waals surface area contributed by atoms with Crippen molar-refractivity contribution in [3.8, 4) is 0 Å². The summed E-state index contributed by atoms with van der Waals surface area (Å²) in [5.41, 5.74) is -2.27. The van der Waals surface area contributed by atoms with Crippen LogP contribution in [0.2, 0.25) is 0 Å². The van der Waals surface area contributed by atoms with Crippen molar-refractivity contribution in [3.05, 3.63) is 46.7 Å². The average Bonchev–Trinajstić information content (AvgIpc) is 3.42. The number of thiophene rings is 1. The number of aryl methyl sites for hydroxylation is 1. The van der Waals surface area contributed by atoms with Gasteiger partial charge in [-0.3, -0.25) is 4.79 Å². The molecule has 0 N–H and O–H groups in total. The first-order valence-corrected chi connectivity index (χ1v) is 11.8. The molecule has 15 heteroatoms. The van der Waals surface area contributed by atoms with Crippen LogP contribution in [0, 0.1) is 6.92 Å². The minimum Gasteiger partial charge on any atom is -0.335 e. The smallest absolute Gasteiger partial charge is 0.335 e. The highest BCUT2D eigenvalue weighted by molar-refractivity contribution is 7.91. The average molecular weight is 509 g/mol. The Morgan fingerprint density at radius 1 is 1.09 bits per heavy atom. The number of carbonyl (C=O) groups is 1. The Kier molecular flexibility index (Phi) is 5.69. The molecule has 3 aromatic heterocycles. The number of sulfonamides is 1. The van der Waals surface area contributed by atoms with Crippen LogP contribution in [0.4, 0.5) is 22.0 Å². The number of fused-ring (bicyclic) bond motifs is 1. The van der Waals surface area contributed by atoms with E-state index in [1.807, 2.05) is 0 Å². The van der Waals surface area contributed by atoms with E-state index in [1.165, 1.54) is 22.2 Å². The Morgan fingerprint density at radius 3 is 2.33 bits per heavy atom. The molecule has 3 aromatic rings. The van der Waals surface area contributed by atoms with Crippen LogP contribution in [-0.4, -0.2) is 70.5 Å². The minimum atomic E-state index is -5.87. The molecule has 1 saturated heterocycles. The predicted molar refractivity (Wildman–Crippen MR) is 107 cm³/mol. The van der Waals surface area contributed by atoms with Crippen LogP contribution in [0.3, 0.4) is 0 Å². The summed E-state index contributed by atoms with van der Waals surface area (Å²) in [6, 6.07) is 4.67. The van der Waals surface area contributed by atoms with Gasteiger partial charge in [-0.05, 0) is 24.4 Å². The highest BCUT2D eigenvalue weighted by Gasteiger charge is 2.60. The van der Waals surface area contributed by atoms with Crippen molar-refractivity contribution < 1.29 is 35.2 Å². The van der Waals surface area contributed by atoms with Crippen LogP contribution >= 0.6 is 11.3 Å². The van der Waals surface area contributed by atoms with Gasteiger partial charge in [-0.2, -0.15) is 31.4 Å². The third kappa shape index (κ3) is 4.08. The molecule has 0 radical (unpaired) electrons. The normalized spacial score (nSPS) is 16.5. The maximum absolute atomic E-state index is 14.0. The standard InChI is InChI=1S/C18H16F5N5O3S2/c1-11-9-13(17(19,20)18(21,22)23)28-14(24-11)10-12(25-28)16(29)26-4-6-27(7-5-26)33(30,31)15-3-2-8-32-15/h2-3,8-10H,4-7H2,1H3. The fraction of sp³-hybridized carbons (Fsp3) is 0.389. The fourth-order valence-electron chi connectivity index (χ4n) is 3.40. The fourth-order valence-corrected chi connectivity index (χ4v) is 5.97. The van der Waals surface area contributed by atoms with Crippen LogP contribution < -0.4 is 0 Å². The van der Waals surface area contributed by atoms with Crippen molar-refractivity contribution in [1.82, 2.24) is 23.8 Å². The zero-order valence-corrected chi connectivity index (χ0v) is 18.5. The topological polar surface area (TPSA) is 87.9 Å². The SMILES string of the molecule is Cc1cc(C(F)(F)C(F)(F)F)n2nc(C(=O)N3CCN(S(=O)(=O)c4cccs4)CC3)cc2n1. The summed E-state index contributed by atoms with van der Waals surface area (Å²) in [5, 5.41) is 5.30. The van der Waals surface area contributed by atoms with Crippen LogP contribution in [0.5, 0.6) is 0 Å². The molecule has 1 aliphatic rings. The summed E-state index contributed by atoms with van der Waals surface area (Å²) < 4.78 is 93.8. The molecule has 4 heterocycles. The van der Waals surface area contributed by atoms with E-state index in [4.69, 9.17) is 0 Å². The Morgan fingerprint density at radius 2 is 1.76 bits per heavy atom. The largest absolute Gasteiger partial charge is 0.459 e. The summed E-state index contributed by atoms with van der Waals surface area (Å²) in [6.45, 7) is 1.23. The zero-order valence-electron chi connectivity index (χ0n) is 16.9. The van der Waals surface area contributed by atoms with Gasteiger partial charge in [0.15, 0.2) is 11.3 Å². The van der Waals surface area contributed by atoms with Crippen molar-refractivity contribution >= 4 is 32.9 Å². The lowest BCUT2D eigenvalue weighted by atomic mass is 10.2. The second kappa shape index (κ2) is 7.99. The van der Waals surface area contributed by atoms with Crippen LogP contribution in [0.25, 0.3) is 5.65 Å². The molecule has 178 valence electrons. The second-order valence-corrected chi connectivity index (χ2v) is 10.4. The van der Waals surface area contributed by atoms with E-state index in [2.05, 4.69) is 10.1 Å². The molecule has 0 atom stereocenters. The molecule has 0 unspecified atom stereocenters. The van der Waals surface area contributed by atoms with Crippen LogP contribution in [0.15, 0.2) is 33.9 Å². The van der Waals surface area contributed by atoms with Gasteiger partial charge in [-0.1, -0.05) is 6.07 Å². The number of carbonyl (C=O) groups excluding carboxylic acids is 1. The summed E-state index contributed by atoms with van der Waals surface area (Å²) in [6.07, 6.45) is -5.87. The maximum Gasteiger partial charge on any atom is 0.459 e. The highest BCUT2D eigenvalue weighted by atomic mass is 32.2. The third-order valence-corrected chi connectivity index (χ3v) is 8.34. The second-order valence-electron chi connectivity index (χ2n) is 7.28. The molecular formula is C18H16F5N5O3S2. The van der Waals surface area contributed by atoms with Crippen LogP contribution in [0.1, 0.15) is 21.9 Å². The number of aromatic nitrogens is 3. The molecule has 0 saturated carbocycles. The number of nitrogens with zero attached hydrogens (tertiary/aromatic N) is 5. The first kappa shape index (κ1) is 23.5. The van der Waals surface area contributed by atoms with Crippen LogP contribution in [-0.2, 0) is 15.9 Å². The summed E-state index contributed by atoms with van der Waals surface area (Å²) in [7, 11) is -3.70. The third-order valence-electron chi connectivity index (χ3n) is 5.07. The molecule has 0 bridgehead atoms. The molecule has 0 aliphatic carbocycles. The van der Waals surface area contributed by atoms with Gasteiger partial charge in [-0.25, -0.2) is 17.9 Å². The van der Waals surface area contributed by atoms with E-state index in [1.54, 1.807) is 11.4 Å². The summed E-state index contributed by atoms with van der Waals surface area (Å²) in [4.78, 5) is 18.0. The van der Waals surface area contributed by atoms with Crippen molar-refractivity contribution in [2.45, 2.75) is 23.2 Å². The number of alkyl halides is 5. The number of halogens is 5. The monoisotopic (exact) mass is 509 g/mol. The van der Waals surface area contributed by atoms with E-state index >= 15 is 0 Å². The Hall–Kier alpha value is -2.65. The first-order chi connectivity index (χ1) is 15.3. The lowest BCUT2D eigenvalue weighted by Crippen LogP contribution is -2.50. The predicted octanol–water partition coefficient (Wildman–Crippen LogP) is 2.90. The molecule has 1 fully saturated rings. The highest BCUT2D eigenvalue weighted by Crippen LogP contribution is 2.43. The van der Waals surface area contributed by atoms with Gasteiger partial charge < -0.3 is 4.90 Å². The van der Waals surface area contributed by atoms with Crippen molar-refractivity contribution in [1.29, 1.82) is 0 Å². The van der Waals surface area contributed by atoms with Gasteiger partial charge in [-0.15, -0.1) is 11.3 Å². The van der Waals surface area contributed by atoms with E-state index in [9.17, 15) is 35.2 Å². The van der Waals surface area contributed by atoms with Crippen molar-refractivity contribution in [2.75, 3.05) is 26.2 Å². The molecule has 1 aliphatic heterocycles. The maximum atomic E-state index is 14.0. The molecule has 1 amide bonds. The van der Waals surface area contributed by atoms with Crippen molar-refractivity contribution in [2.24, 2.45) is 0 Å². The number of hydrogen-bond acceptors (Lipinski definition) is 6. The van der Waals surface area contributed by atoms with Gasteiger partial charge >= 0.3 is 12.1 Å². The van der Waals surface area contributed by atoms with Gasteiger partial charge in [0.25, 0.3) is 15.9 Å². The molecule has 0 spiro atoms. The van der Waals surface area contributed by atoms with Gasteiger partial charge in [0.05, 0.1) is 0 Å². The number of rotatable bonds is 4. The van der Waals surface area contributed by atoms with Gasteiger partial charge in [0.2, 0.25) is 0 Å². The number of amides is 1. The van der Waals surface area contributed by atoms with E-state index < -0.39 is 33.7 Å². The van der Waals surface area contributed by atoms with Gasteiger partial charge in [0, 0.05) is 37.9 Å². The van der Waals surface area contributed by atoms with E-state index in [0.717, 1.165) is 17.4 Å². The summed E-state index contributed by atoms with van der Waals surface area (Å²) in [5.74, 6) is -5.94. The lowest BCUT2D eigenvalue weighted by molar-refractivity contribution is -0.291. The summed E-state index contributed by atoms with van der Waals surface area (Å²) >= 11 is 1.06.